The molecular formula is C25H30ClN5O2. The summed E-state index contributed by atoms with van der Waals surface area (Å²) in [6.07, 6.45) is 7.17. The molecule has 1 amide bonds. The summed E-state index contributed by atoms with van der Waals surface area (Å²) in [5.74, 6) is 0.842. The molecule has 2 atom stereocenters. The smallest absolute Gasteiger partial charge is 0.219 e. The lowest BCUT2D eigenvalue weighted by Gasteiger charge is -2.36. The normalized spacial score (nSPS) is 17.8. The quantitative estimate of drug-likeness (QED) is 0.568. The first-order valence-electron chi connectivity index (χ1n) is 11.3. The first-order valence-corrected chi connectivity index (χ1v) is 11.7. The lowest BCUT2D eigenvalue weighted by molar-refractivity contribution is -0.130. The van der Waals surface area contributed by atoms with Crippen molar-refractivity contribution in [3.05, 3.63) is 47.6 Å². The molecule has 1 fully saturated rings. The number of aliphatic hydroxyl groups is 1. The number of hydrogen-bond donors (Lipinski definition) is 2. The number of amides is 1. The minimum absolute atomic E-state index is 0.127. The van der Waals surface area contributed by atoms with E-state index in [-0.39, 0.29) is 11.9 Å². The first kappa shape index (κ1) is 23.4. The molecule has 7 nitrogen and oxygen atoms in total. The highest BCUT2D eigenvalue weighted by Gasteiger charge is 2.27. The highest BCUT2D eigenvalue weighted by Crippen LogP contribution is 2.34. The molecule has 2 N–H and O–H groups in total. The third-order valence-corrected chi connectivity index (χ3v) is 6.62. The number of piperidine rings is 1. The van der Waals surface area contributed by atoms with Gasteiger partial charge in [-0.25, -0.2) is 9.97 Å². The molecule has 0 bridgehead atoms. The number of rotatable bonds is 5. The van der Waals surface area contributed by atoms with Crippen molar-refractivity contribution in [1.82, 2.24) is 19.9 Å². The van der Waals surface area contributed by atoms with Gasteiger partial charge in [-0.1, -0.05) is 17.7 Å². The van der Waals surface area contributed by atoms with Crippen LogP contribution >= 0.6 is 11.6 Å². The Kier molecular flexibility index (Phi) is 6.54. The van der Waals surface area contributed by atoms with E-state index in [1.807, 2.05) is 23.1 Å². The average Bonchev–Trinajstić information content (AvgIpc) is 2.80. The maximum Gasteiger partial charge on any atom is 0.219 e. The van der Waals surface area contributed by atoms with Crippen LogP contribution in [0.1, 0.15) is 46.4 Å². The summed E-state index contributed by atoms with van der Waals surface area (Å²) in [5.41, 5.74) is 2.35. The van der Waals surface area contributed by atoms with Crippen molar-refractivity contribution < 1.29 is 9.90 Å². The van der Waals surface area contributed by atoms with Gasteiger partial charge in [0.15, 0.2) is 5.82 Å². The number of benzene rings is 1. The Hall–Kier alpha value is -2.77. The van der Waals surface area contributed by atoms with Gasteiger partial charge in [-0.2, -0.15) is 0 Å². The van der Waals surface area contributed by atoms with Crippen molar-refractivity contribution in [2.45, 2.75) is 52.2 Å². The Morgan fingerprint density at radius 3 is 2.61 bits per heavy atom. The van der Waals surface area contributed by atoms with E-state index >= 15 is 0 Å². The van der Waals surface area contributed by atoms with Gasteiger partial charge in [0.1, 0.15) is 5.60 Å². The van der Waals surface area contributed by atoms with Crippen LogP contribution in [0.5, 0.6) is 0 Å². The molecule has 0 spiro atoms. The predicted molar refractivity (Wildman–Crippen MR) is 131 cm³/mol. The summed E-state index contributed by atoms with van der Waals surface area (Å²) in [6.45, 7) is 8.67. The van der Waals surface area contributed by atoms with Crippen molar-refractivity contribution in [2.75, 3.05) is 18.4 Å². The number of carbonyl (C=O) groups is 1. The number of carbonyl (C=O) groups excluding carboxylic acids is 1. The van der Waals surface area contributed by atoms with E-state index in [0.717, 1.165) is 53.6 Å². The molecule has 33 heavy (non-hydrogen) atoms. The third-order valence-electron chi connectivity index (χ3n) is 6.34. The van der Waals surface area contributed by atoms with E-state index in [2.05, 4.69) is 27.2 Å². The lowest BCUT2D eigenvalue weighted by atomic mass is 9.91. The van der Waals surface area contributed by atoms with Crippen LogP contribution in [0.3, 0.4) is 0 Å². The average molecular weight is 468 g/mol. The number of likely N-dealkylation sites (tertiary alicyclic amines) is 1. The number of fused-ring (bicyclic) bond motifs is 1. The van der Waals surface area contributed by atoms with Crippen LogP contribution in [0.25, 0.3) is 22.0 Å². The summed E-state index contributed by atoms with van der Waals surface area (Å²) in [6, 6.07) is 6.10. The summed E-state index contributed by atoms with van der Waals surface area (Å²) in [4.78, 5) is 26.9. The zero-order valence-electron chi connectivity index (χ0n) is 19.5. The number of nitrogens with one attached hydrogen (secondary N) is 1. The summed E-state index contributed by atoms with van der Waals surface area (Å²) in [5, 5.41) is 15.2. The van der Waals surface area contributed by atoms with Crippen LogP contribution in [0.2, 0.25) is 5.02 Å². The summed E-state index contributed by atoms with van der Waals surface area (Å²) < 4.78 is 0. The molecule has 3 heterocycles. The van der Waals surface area contributed by atoms with Crippen LogP contribution in [0.15, 0.2) is 36.8 Å². The lowest BCUT2D eigenvalue weighted by Crippen LogP contribution is -2.43. The Morgan fingerprint density at radius 2 is 1.94 bits per heavy atom. The van der Waals surface area contributed by atoms with E-state index in [1.54, 1.807) is 39.4 Å². The summed E-state index contributed by atoms with van der Waals surface area (Å²) in [7, 11) is 0. The monoisotopic (exact) mass is 467 g/mol. The number of halogens is 1. The molecule has 3 aromatic rings. The van der Waals surface area contributed by atoms with Gasteiger partial charge >= 0.3 is 0 Å². The molecule has 174 valence electrons. The fourth-order valence-corrected chi connectivity index (χ4v) is 4.54. The Balaban J connectivity index is 1.64. The van der Waals surface area contributed by atoms with Crippen LogP contribution in [0, 0.1) is 5.92 Å². The van der Waals surface area contributed by atoms with Crippen LogP contribution in [-0.4, -0.2) is 50.0 Å². The van der Waals surface area contributed by atoms with Gasteiger partial charge in [0, 0.05) is 55.6 Å². The molecule has 0 radical (unpaired) electrons. The van der Waals surface area contributed by atoms with Crippen molar-refractivity contribution in [2.24, 2.45) is 5.92 Å². The molecule has 2 aromatic heterocycles. The molecule has 1 aromatic carbocycles. The largest absolute Gasteiger partial charge is 0.382 e. The second kappa shape index (κ2) is 9.23. The number of anilines is 1. The van der Waals surface area contributed by atoms with Gasteiger partial charge in [-0.15, -0.1) is 0 Å². The number of aromatic nitrogens is 3. The van der Waals surface area contributed by atoms with E-state index < -0.39 is 5.60 Å². The predicted octanol–water partition coefficient (Wildman–Crippen LogP) is 4.63. The standard InChI is InChI=1S/C25H30ClN5O2/c1-15(18-6-5-9-31(14-18)16(2)32)30-23-20-10-17(7-8-22(20)27-13-21(23)26)19-11-28-24(29-12-19)25(3,4)33/h7-8,10-13,15,18,33H,5-6,9,14H2,1-4H3,(H,27,30)/t15-,18-/m1/s1. The molecule has 4 rings (SSSR count). The van der Waals surface area contributed by atoms with Gasteiger partial charge < -0.3 is 15.3 Å². The van der Waals surface area contributed by atoms with Gasteiger partial charge in [0.25, 0.3) is 0 Å². The highest BCUT2D eigenvalue weighted by molar-refractivity contribution is 6.34. The Bertz CT molecular complexity index is 1160. The minimum atomic E-state index is -1.09. The second-order valence-electron chi connectivity index (χ2n) is 9.37. The van der Waals surface area contributed by atoms with E-state index in [4.69, 9.17) is 11.6 Å². The molecule has 0 aliphatic carbocycles. The topological polar surface area (TPSA) is 91.2 Å². The fourth-order valence-electron chi connectivity index (χ4n) is 4.34. The van der Waals surface area contributed by atoms with Crippen LogP contribution in [-0.2, 0) is 10.4 Å². The third kappa shape index (κ3) is 5.09. The first-order chi connectivity index (χ1) is 15.6. The molecule has 1 aliphatic heterocycles. The van der Waals surface area contributed by atoms with Crippen LogP contribution in [0.4, 0.5) is 5.69 Å². The second-order valence-corrected chi connectivity index (χ2v) is 9.77. The van der Waals surface area contributed by atoms with Crippen molar-refractivity contribution >= 4 is 34.1 Å². The number of hydrogen-bond acceptors (Lipinski definition) is 6. The van der Waals surface area contributed by atoms with Gasteiger partial charge in [-0.3, -0.25) is 9.78 Å². The molecule has 1 saturated heterocycles. The van der Waals surface area contributed by atoms with Gasteiger partial charge in [-0.05, 0) is 57.2 Å². The maximum atomic E-state index is 11.9. The van der Waals surface area contributed by atoms with E-state index in [0.29, 0.717) is 16.8 Å². The molecule has 0 saturated carbocycles. The van der Waals surface area contributed by atoms with Crippen molar-refractivity contribution in [3.8, 4) is 11.1 Å². The SMILES string of the molecule is CC(=O)N1CCC[C@@H]([C@@H](C)Nc2c(Cl)cnc3ccc(-c4cnc(C(C)(C)O)nc4)cc23)C1. The molecular weight excluding hydrogens is 438 g/mol. The molecule has 8 heteroatoms. The number of pyridine rings is 1. The van der Waals surface area contributed by atoms with Crippen molar-refractivity contribution in [1.29, 1.82) is 0 Å². The van der Waals surface area contributed by atoms with Crippen molar-refractivity contribution in [3.63, 3.8) is 0 Å². The molecule has 0 unspecified atom stereocenters. The van der Waals surface area contributed by atoms with E-state index in [9.17, 15) is 9.90 Å². The van der Waals surface area contributed by atoms with E-state index in [1.165, 1.54) is 0 Å². The maximum absolute atomic E-state index is 11.9. The highest BCUT2D eigenvalue weighted by atomic mass is 35.5. The van der Waals surface area contributed by atoms with Crippen LogP contribution < -0.4 is 5.32 Å². The number of nitrogens with zero attached hydrogens (tertiary/aromatic N) is 4. The molecule has 1 aliphatic rings. The minimum Gasteiger partial charge on any atom is -0.382 e. The Labute approximate surface area is 199 Å². The Morgan fingerprint density at radius 1 is 1.21 bits per heavy atom. The zero-order chi connectivity index (χ0) is 23.8. The zero-order valence-corrected chi connectivity index (χ0v) is 20.2. The summed E-state index contributed by atoms with van der Waals surface area (Å²) >= 11 is 6.59. The van der Waals surface area contributed by atoms with Gasteiger partial charge in [0.05, 0.1) is 16.2 Å². The fraction of sp³-hybridized carbons (Fsp3) is 0.440. The van der Waals surface area contributed by atoms with Gasteiger partial charge in [0.2, 0.25) is 5.91 Å².